The Morgan fingerprint density at radius 2 is 1.26 bits per heavy atom. The molecule has 6 heteroatoms. The average molecular weight is 556 g/mol. The minimum atomic E-state index is -0.761. The summed E-state index contributed by atoms with van der Waals surface area (Å²) < 4.78 is 13.7. The van der Waals surface area contributed by atoms with Crippen LogP contribution in [0.3, 0.4) is 0 Å². The van der Waals surface area contributed by atoms with Crippen LogP contribution in [0.2, 0.25) is 5.02 Å². The number of amides is 1. The molecule has 4 nitrogen and oxygen atoms in total. The zero-order valence-electron chi connectivity index (χ0n) is 23.3. The fourth-order valence-corrected chi connectivity index (χ4v) is 5.47. The fraction of sp³-hybridized carbons (Fsp3) is 0.515. The van der Waals surface area contributed by atoms with Crippen molar-refractivity contribution in [1.82, 2.24) is 4.90 Å². The Morgan fingerprint density at radius 1 is 0.769 bits per heavy atom. The van der Waals surface area contributed by atoms with Crippen LogP contribution in [0.25, 0.3) is 5.76 Å². The number of rotatable bonds is 17. The molecule has 2 aromatic carbocycles. The van der Waals surface area contributed by atoms with Crippen LogP contribution in [0.1, 0.15) is 114 Å². The smallest absolute Gasteiger partial charge is 0.295 e. The van der Waals surface area contributed by atoms with Gasteiger partial charge in [-0.1, -0.05) is 114 Å². The van der Waals surface area contributed by atoms with E-state index in [1.165, 1.54) is 87.7 Å². The van der Waals surface area contributed by atoms with Crippen LogP contribution in [0.5, 0.6) is 0 Å². The van der Waals surface area contributed by atoms with Gasteiger partial charge >= 0.3 is 0 Å². The van der Waals surface area contributed by atoms with Crippen LogP contribution in [-0.2, 0) is 9.59 Å². The van der Waals surface area contributed by atoms with E-state index < -0.39 is 23.5 Å². The molecular formula is C33H43ClFNO3. The zero-order valence-corrected chi connectivity index (χ0v) is 24.0. The molecule has 2 aromatic rings. The summed E-state index contributed by atoms with van der Waals surface area (Å²) in [6.07, 6.45) is 17.3. The summed E-state index contributed by atoms with van der Waals surface area (Å²) in [5.74, 6) is -2.00. The molecule has 0 saturated carbocycles. The molecule has 1 N–H and O–H groups in total. The summed E-state index contributed by atoms with van der Waals surface area (Å²) in [4.78, 5) is 27.7. The number of likely N-dealkylation sites (tertiary alicyclic amines) is 1. The minimum absolute atomic E-state index is 0.0271. The SMILES string of the molecule is CCCCCCCCCCCCCCCCN1C(=O)C(=O)C(=C(O)c2ccc(Cl)cc2)[C@H]1c1ccc(F)cc1. The van der Waals surface area contributed by atoms with Crippen molar-refractivity contribution < 1.29 is 19.1 Å². The highest BCUT2D eigenvalue weighted by atomic mass is 35.5. The second-order valence-electron chi connectivity index (χ2n) is 10.6. The molecule has 0 spiro atoms. The number of hydrogen-bond donors (Lipinski definition) is 1. The molecule has 0 radical (unpaired) electrons. The number of aliphatic hydroxyl groups is 1. The van der Waals surface area contributed by atoms with Gasteiger partial charge in [-0.25, -0.2) is 4.39 Å². The Hall–Kier alpha value is -2.66. The van der Waals surface area contributed by atoms with E-state index in [0.717, 1.165) is 19.3 Å². The molecule has 39 heavy (non-hydrogen) atoms. The number of aliphatic hydroxyl groups excluding tert-OH is 1. The molecule has 212 valence electrons. The Kier molecular flexibility index (Phi) is 13.0. The van der Waals surface area contributed by atoms with Gasteiger partial charge in [-0.15, -0.1) is 0 Å². The third-order valence-electron chi connectivity index (χ3n) is 7.60. The summed E-state index contributed by atoms with van der Waals surface area (Å²) in [5, 5.41) is 11.6. The quantitative estimate of drug-likeness (QED) is 0.0915. The number of hydrogen-bond acceptors (Lipinski definition) is 3. The second kappa shape index (κ2) is 16.4. The zero-order chi connectivity index (χ0) is 28.0. The molecular weight excluding hydrogens is 513 g/mol. The highest BCUT2D eigenvalue weighted by molar-refractivity contribution is 6.46. The number of carbonyl (C=O) groups excluding carboxylic acids is 2. The largest absolute Gasteiger partial charge is 0.507 e. The van der Waals surface area contributed by atoms with E-state index >= 15 is 0 Å². The van der Waals surface area contributed by atoms with Gasteiger partial charge in [0, 0.05) is 17.1 Å². The third-order valence-corrected chi connectivity index (χ3v) is 7.85. The van der Waals surface area contributed by atoms with E-state index in [-0.39, 0.29) is 11.3 Å². The Morgan fingerprint density at radius 3 is 1.77 bits per heavy atom. The first kappa shape index (κ1) is 30.9. The van der Waals surface area contributed by atoms with Gasteiger partial charge in [0.25, 0.3) is 11.7 Å². The normalized spacial score (nSPS) is 16.8. The van der Waals surface area contributed by atoms with Crippen LogP contribution in [-0.4, -0.2) is 28.2 Å². The van der Waals surface area contributed by atoms with Crippen molar-refractivity contribution in [2.45, 2.75) is 103 Å². The van der Waals surface area contributed by atoms with E-state index in [4.69, 9.17) is 11.6 Å². The van der Waals surface area contributed by atoms with Crippen molar-refractivity contribution in [2.24, 2.45) is 0 Å². The summed E-state index contributed by atoms with van der Waals surface area (Å²) in [6.45, 7) is 2.66. The number of unbranched alkanes of at least 4 members (excludes halogenated alkanes) is 13. The average Bonchev–Trinajstić information content (AvgIpc) is 3.18. The first-order chi connectivity index (χ1) is 18.9. The van der Waals surface area contributed by atoms with Crippen LogP contribution >= 0.6 is 11.6 Å². The van der Waals surface area contributed by atoms with Gasteiger partial charge in [0.1, 0.15) is 11.6 Å². The lowest BCUT2D eigenvalue weighted by molar-refractivity contribution is -0.139. The number of ketones is 1. The lowest BCUT2D eigenvalue weighted by Gasteiger charge is -2.25. The van der Waals surface area contributed by atoms with Gasteiger partial charge in [-0.2, -0.15) is 0 Å². The highest BCUT2D eigenvalue weighted by Gasteiger charge is 2.45. The number of Topliss-reactive ketones (excluding diaryl/α,β-unsaturated/α-hetero) is 1. The van der Waals surface area contributed by atoms with Gasteiger partial charge in [-0.05, 0) is 48.4 Å². The van der Waals surface area contributed by atoms with Gasteiger partial charge in [0.2, 0.25) is 0 Å². The van der Waals surface area contributed by atoms with E-state index in [0.29, 0.717) is 22.7 Å². The predicted molar refractivity (Wildman–Crippen MR) is 157 cm³/mol. The maximum absolute atomic E-state index is 13.7. The molecule has 1 fully saturated rings. The molecule has 1 aliphatic rings. The Bertz CT molecular complexity index is 1080. The monoisotopic (exact) mass is 555 g/mol. The predicted octanol–water partition coefficient (Wildman–Crippen LogP) is 9.38. The first-order valence-corrected chi connectivity index (χ1v) is 15.1. The minimum Gasteiger partial charge on any atom is -0.507 e. The van der Waals surface area contributed by atoms with Gasteiger partial charge < -0.3 is 10.0 Å². The maximum atomic E-state index is 13.7. The van der Waals surface area contributed by atoms with Crippen LogP contribution in [0.4, 0.5) is 4.39 Å². The maximum Gasteiger partial charge on any atom is 0.295 e. The fourth-order valence-electron chi connectivity index (χ4n) is 5.34. The molecule has 1 atom stereocenters. The lowest BCUT2D eigenvalue weighted by atomic mass is 9.95. The van der Waals surface area contributed by atoms with Crippen LogP contribution in [0, 0.1) is 5.82 Å². The van der Waals surface area contributed by atoms with Crippen molar-refractivity contribution >= 4 is 29.1 Å². The third kappa shape index (κ3) is 9.20. The van der Waals surface area contributed by atoms with Crippen molar-refractivity contribution in [3.8, 4) is 0 Å². The molecule has 0 bridgehead atoms. The van der Waals surface area contributed by atoms with E-state index in [9.17, 15) is 19.1 Å². The van der Waals surface area contributed by atoms with Crippen molar-refractivity contribution in [3.63, 3.8) is 0 Å². The summed E-state index contributed by atoms with van der Waals surface area (Å²) in [7, 11) is 0. The topological polar surface area (TPSA) is 57.6 Å². The molecule has 0 unspecified atom stereocenters. The van der Waals surface area contributed by atoms with E-state index in [1.54, 1.807) is 36.4 Å². The van der Waals surface area contributed by atoms with Crippen LogP contribution in [0.15, 0.2) is 54.1 Å². The summed E-state index contributed by atoms with van der Waals surface area (Å²) >= 11 is 5.98. The number of halogens is 2. The molecule has 3 rings (SSSR count). The summed E-state index contributed by atoms with van der Waals surface area (Å²) in [6, 6.07) is 11.5. The van der Waals surface area contributed by atoms with Gasteiger partial charge in [0.15, 0.2) is 0 Å². The number of benzene rings is 2. The summed E-state index contributed by atoms with van der Waals surface area (Å²) in [5.41, 5.74) is 1.02. The first-order valence-electron chi connectivity index (χ1n) is 14.7. The standard InChI is InChI=1S/C33H43ClFNO3/c1-2-3-4-5-6-7-8-9-10-11-12-13-14-15-24-36-30(25-18-22-28(35)23-19-25)29(32(38)33(36)39)31(37)26-16-20-27(34)21-17-26/h16-23,30,37H,2-15,24H2,1H3/t30-/m1/s1. The molecule has 1 amide bonds. The number of nitrogens with zero attached hydrogens (tertiary/aromatic N) is 1. The Balaban J connectivity index is 1.52. The highest BCUT2D eigenvalue weighted by Crippen LogP contribution is 2.39. The lowest BCUT2D eigenvalue weighted by Crippen LogP contribution is -2.30. The molecule has 1 aliphatic heterocycles. The van der Waals surface area contributed by atoms with Crippen molar-refractivity contribution in [2.75, 3.05) is 6.54 Å². The molecule has 1 heterocycles. The van der Waals surface area contributed by atoms with Crippen LogP contribution < -0.4 is 0 Å². The molecule has 0 aromatic heterocycles. The van der Waals surface area contributed by atoms with Gasteiger partial charge in [-0.3, -0.25) is 9.59 Å². The van der Waals surface area contributed by atoms with Crippen molar-refractivity contribution in [3.05, 3.63) is 76.1 Å². The second-order valence-corrected chi connectivity index (χ2v) is 11.1. The van der Waals surface area contributed by atoms with Gasteiger partial charge in [0.05, 0.1) is 11.6 Å². The van der Waals surface area contributed by atoms with Crippen molar-refractivity contribution in [1.29, 1.82) is 0 Å². The molecule has 0 aliphatic carbocycles. The Labute approximate surface area is 238 Å². The van der Waals surface area contributed by atoms with E-state index in [2.05, 4.69) is 6.92 Å². The van der Waals surface area contributed by atoms with E-state index in [1.807, 2.05) is 0 Å². The molecule has 1 saturated heterocycles. The number of carbonyl (C=O) groups is 2.